The smallest absolute Gasteiger partial charge is 0.252 e. The summed E-state index contributed by atoms with van der Waals surface area (Å²) in [5, 5.41) is 3.13. The van der Waals surface area contributed by atoms with Crippen molar-refractivity contribution in [3.05, 3.63) is 41.6 Å². The highest BCUT2D eigenvalue weighted by Gasteiger charge is 2.11. The summed E-state index contributed by atoms with van der Waals surface area (Å²) < 4.78 is 26.5. The molecule has 2 rings (SSSR count). The molecule has 1 aromatic carbocycles. The Labute approximate surface area is 115 Å². The van der Waals surface area contributed by atoms with Crippen LogP contribution in [0.5, 0.6) is 0 Å². The number of nitrogens with zero attached hydrogens (tertiary/aromatic N) is 2. The number of halogens is 2. The number of pyridine rings is 1. The third-order valence-electron chi connectivity index (χ3n) is 2.85. The van der Waals surface area contributed by atoms with Gasteiger partial charge >= 0.3 is 0 Å². The van der Waals surface area contributed by atoms with Crippen molar-refractivity contribution in [3.63, 3.8) is 0 Å². The van der Waals surface area contributed by atoms with Crippen molar-refractivity contribution in [1.82, 2.24) is 15.2 Å². The lowest BCUT2D eigenvalue weighted by atomic mass is 10.1. The van der Waals surface area contributed by atoms with Crippen LogP contribution in [0, 0.1) is 11.6 Å². The van der Waals surface area contributed by atoms with Crippen molar-refractivity contribution < 1.29 is 13.6 Å². The Morgan fingerprint density at radius 2 is 2.10 bits per heavy atom. The number of benzene rings is 1. The van der Waals surface area contributed by atoms with E-state index in [4.69, 9.17) is 0 Å². The first-order valence-electron chi connectivity index (χ1n) is 6.15. The van der Waals surface area contributed by atoms with Gasteiger partial charge < -0.3 is 10.2 Å². The predicted molar refractivity (Wildman–Crippen MR) is 72.5 cm³/mol. The van der Waals surface area contributed by atoms with Gasteiger partial charge in [-0.05, 0) is 32.3 Å². The minimum absolute atomic E-state index is 0.0742. The number of carbonyl (C=O) groups excluding carboxylic acids is 1. The molecule has 1 N–H and O–H groups in total. The average Bonchev–Trinajstić information content (AvgIpc) is 2.42. The van der Waals surface area contributed by atoms with E-state index >= 15 is 0 Å². The Bertz CT molecular complexity index is 644. The van der Waals surface area contributed by atoms with Gasteiger partial charge in [-0.1, -0.05) is 0 Å². The molecule has 1 heterocycles. The van der Waals surface area contributed by atoms with Gasteiger partial charge in [-0.2, -0.15) is 0 Å². The molecule has 20 heavy (non-hydrogen) atoms. The molecule has 0 aliphatic rings. The molecule has 0 saturated heterocycles. The van der Waals surface area contributed by atoms with E-state index < -0.39 is 11.6 Å². The van der Waals surface area contributed by atoms with E-state index in [1.54, 1.807) is 0 Å². The highest BCUT2D eigenvalue weighted by atomic mass is 19.2. The molecule has 1 aromatic heterocycles. The summed E-state index contributed by atoms with van der Waals surface area (Å²) in [5.74, 6) is -2.23. The number of amides is 1. The van der Waals surface area contributed by atoms with Crippen LogP contribution < -0.4 is 5.32 Å². The third-order valence-corrected chi connectivity index (χ3v) is 2.85. The van der Waals surface area contributed by atoms with Crippen molar-refractivity contribution in [1.29, 1.82) is 0 Å². The van der Waals surface area contributed by atoms with Crippen molar-refractivity contribution in [3.8, 4) is 0 Å². The van der Waals surface area contributed by atoms with E-state index in [-0.39, 0.29) is 11.4 Å². The molecule has 0 bridgehead atoms. The molecule has 0 unspecified atom stereocenters. The van der Waals surface area contributed by atoms with Crippen LogP contribution in [0.4, 0.5) is 8.78 Å². The fourth-order valence-corrected chi connectivity index (χ4v) is 1.76. The number of carbonyl (C=O) groups is 1. The third kappa shape index (κ3) is 3.08. The number of hydrogen-bond acceptors (Lipinski definition) is 3. The average molecular weight is 279 g/mol. The molecule has 0 aliphatic carbocycles. The number of fused-ring (bicyclic) bond motifs is 1. The van der Waals surface area contributed by atoms with Crippen LogP contribution in [0.3, 0.4) is 0 Å². The van der Waals surface area contributed by atoms with Gasteiger partial charge in [0, 0.05) is 24.7 Å². The summed E-state index contributed by atoms with van der Waals surface area (Å²) in [5.41, 5.74) is 0.247. The number of likely N-dealkylation sites (N-methyl/N-ethyl adjacent to an activating group) is 1. The van der Waals surface area contributed by atoms with Crippen LogP contribution in [0.15, 0.2) is 24.4 Å². The van der Waals surface area contributed by atoms with E-state index in [1.807, 2.05) is 19.0 Å². The summed E-state index contributed by atoms with van der Waals surface area (Å²) in [6, 6.07) is 3.92. The van der Waals surface area contributed by atoms with Crippen molar-refractivity contribution >= 4 is 16.8 Å². The lowest BCUT2D eigenvalue weighted by molar-refractivity contribution is 0.0951. The maximum Gasteiger partial charge on any atom is 0.252 e. The molecule has 4 nitrogen and oxygen atoms in total. The van der Waals surface area contributed by atoms with Gasteiger partial charge in [-0.25, -0.2) is 8.78 Å². The molecule has 106 valence electrons. The van der Waals surface area contributed by atoms with Gasteiger partial charge in [0.25, 0.3) is 5.91 Å². The number of hydrogen-bond donors (Lipinski definition) is 1. The summed E-state index contributed by atoms with van der Waals surface area (Å²) in [6.45, 7) is 1.22. The standard InChI is InChI=1S/C14H15F2N3O/c1-19(2)6-5-17-14(20)10-7-9-3-4-11(15)12(16)13(9)18-8-10/h3-4,7-8H,5-6H2,1-2H3,(H,17,20). The number of rotatable bonds is 4. The molecule has 2 aromatic rings. The molecular weight excluding hydrogens is 264 g/mol. The van der Waals surface area contributed by atoms with Crippen LogP contribution in [-0.4, -0.2) is 43.0 Å². The van der Waals surface area contributed by atoms with E-state index in [0.717, 1.165) is 6.07 Å². The SMILES string of the molecule is CN(C)CCNC(=O)c1cnc2c(F)c(F)ccc2c1. The second-order valence-electron chi connectivity index (χ2n) is 4.72. The first-order chi connectivity index (χ1) is 9.49. The van der Waals surface area contributed by atoms with Gasteiger partial charge in [0.15, 0.2) is 11.6 Å². The molecule has 6 heteroatoms. The minimum Gasteiger partial charge on any atom is -0.351 e. The maximum absolute atomic E-state index is 13.5. The fraction of sp³-hybridized carbons (Fsp3) is 0.286. The minimum atomic E-state index is -0.998. The van der Waals surface area contributed by atoms with E-state index in [9.17, 15) is 13.6 Å². The van der Waals surface area contributed by atoms with Crippen LogP contribution in [0.25, 0.3) is 10.9 Å². The molecule has 0 aliphatic heterocycles. The lowest BCUT2D eigenvalue weighted by Crippen LogP contribution is -2.31. The Hall–Kier alpha value is -2.08. The Morgan fingerprint density at radius 1 is 1.35 bits per heavy atom. The monoisotopic (exact) mass is 279 g/mol. The maximum atomic E-state index is 13.5. The second-order valence-corrected chi connectivity index (χ2v) is 4.72. The van der Waals surface area contributed by atoms with E-state index in [0.29, 0.717) is 24.0 Å². The highest BCUT2D eigenvalue weighted by Crippen LogP contribution is 2.19. The summed E-state index contributed by atoms with van der Waals surface area (Å²) in [4.78, 5) is 17.6. The number of nitrogens with one attached hydrogen (secondary N) is 1. The first-order valence-corrected chi connectivity index (χ1v) is 6.15. The molecule has 0 spiro atoms. The largest absolute Gasteiger partial charge is 0.351 e. The zero-order valence-electron chi connectivity index (χ0n) is 11.3. The highest BCUT2D eigenvalue weighted by molar-refractivity contribution is 5.97. The zero-order valence-corrected chi connectivity index (χ0v) is 11.3. The summed E-state index contributed by atoms with van der Waals surface area (Å²) >= 11 is 0. The van der Waals surface area contributed by atoms with E-state index in [1.165, 1.54) is 18.3 Å². The summed E-state index contributed by atoms with van der Waals surface area (Å²) in [6.07, 6.45) is 1.25. The van der Waals surface area contributed by atoms with Gasteiger partial charge in [0.2, 0.25) is 0 Å². The Kier molecular flexibility index (Phi) is 4.24. The normalized spacial score (nSPS) is 11.1. The molecule has 0 fully saturated rings. The topological polar surface area (TPSA) is 45.2 Å². The van der Waals surface area contributed by atoms with Crippen LogP contribution in [0.2, 0.25) is 0 Å². The summed E-state index contributed by atoms with van der Waals surface area (Å²) in [7, 11) is 3.81. The van der Waals surface area contributed by atoms with Crippen molar-refractivity contribution in [2.24, 2.45) is 0 Å². The van der Waals surface area contributed by atoms with Gasteiger partial charge in [-0.3, -0.25) is 9.78 Å². The molecule has 1 amide bonds. The van der Waals surface area contributed by atoms with Gasteiger partial charge in [0.1, 0.15) is 5.52 Å². The quantitative estimate of drug-likeness (QED) is 0.928. The molecule has 0 radical (unpaired) electrons. The predicted octanol–water partition coefficient (Wildman–Crippen LogP) is 1.80. The van der Waals surface area contributed by atoms with Crippen LogP contribution in [0.1, 0.15) is 10.4 Å². The molecular formula is C14H15F2N3O. The van der Waals surface area contributed by atoms with Crippen LogP contribution >= 0.6 is 0 Å². The molecule has 0 saturated carbocycles. The molecule has 0 atom stereocenters. The lowest BCUT2D eigenvalue weighted by Gasteiger charge is -2.10. The Balaban J connectivity index is 2.19. The Morgan fingerprint density at radius 3 is 2.80 bits per heavy atom. The first kappa shape index (κ1) is 14.3. The number of aromatic nitrogens is 1. The second kappa shape index (κ2) is 5.92. The fourth-order valence-electron chi connectivity index (χ4n) is 1.76. The zero-order chi connectivity index (χ0) is 14.7. The van der Waals surface area contributed by atoms with Gasteiger partial charge in [-0.15, -0.1) is 0 Å². The van der Waals surface area contributed by atoms with Crippen molar-refractivity contribution in [2.75, 3.05) is 27.2 Å². The van der Waals surface area contributed by atoms with Crippen LogP contribution in [-0.2, 0) is 0 Å². The van der Waals surface area contributed by atoms with E-state index in [2.05, 4.69) is 10.3 Å². The van der Waals surface area contributed by atoms with Crippen molar-refractivity contribution in [2.45, 2.75) is 0 Å². The van der Waals surface area contributed by atoms with Gasteiger partial charge in [0.05, 0.1) is 5.56 Å².